The summed E-state index contributed by atoms with van der Waals surface area (Å²) < 4.78 is 5.19. The van der Waals surface area contributed by atoms with Crippen LogP contribution < -0.4 is 11.1 Å². The highest BCUT2D eigenvalue weighted by atomic mass is 32.1. The number of hydrogen-bond donors (Lipinski definition) is 2. The molecule has 7 nitrogen and oxygen atoms in total. The number of anilines is 1. The third-order valence-electron chi connectivity index (χ3n) is 2.98. The molecule has 0 radical (unpaired) electrons. The van der Waals surface area contributed by atoms with E-state index >= 15 is 0 Å². The number of nitrogens with zero attached hydrogens (tertiary/aromatic N) is 2. The van der Waals surface area contributed by atoms with Crippen LogP contribution in [-0.2, 0) is 20.7 Å². The summed E-state index contributed by atoms with van der Waals surface area (Å²) in [5, 5.41) is 4.86. The zero-order chi connectivity index (χ0) is 14.5. The second-order valence-electron chi connectivity index (χ2n) is 4.58. The summed E-state index contributed by atoms with van der Waals surface area (Å²) in [6, 6.07) is -0.545. The number of thiazole rings is 1. The summed E-state index contributed by atoms with van der Waals surface area (Å²) >= 11 is 1.29. The van der Waals surface area contributed by atoms with Crippen LogP contribution in [0.5, 0.6) is 0 Å². The van der Waals surface area contributed by atoms with Crippen LogP contribution in [0.3, 0.4) is 0 Å². The monoisotopic (exact) mass is 298 g/mol. The van der Waals surface area contributed by atoms with Gasteiger partial charge in [0, 0.05) is 18.5 Å². The number of nitrogens with one attached hydrogen (secondary N) is 1. The summed E-state index contributed by atoms with van der Waals surface area (Å²) in [6.45, 7) is 3.92. The summed E-state index contributed by atoms with van der Waals surface area (Å²) in [5.41, 5.74) is 6.13. The molecular formula is C12H18N4O3S. The van der Waals surface area contributed by atoms with Gasteiger partial charge in [0.05, 0.1) is 25.3 Å². The molecule has 0 spiro atoms. The van der Waals surface area contributed by atoms with E-state index in [-0.39, 0.29) is 18.2 Å². The number of morpholine rings is 1. The molecule has 1 aliphatic heterocycles. The molecule has 1 saturated heterocycles. The van der Waals surface area contributed by atoms with Crippen LogP contribution in [0.2, 0.25) is 0 Å². The second-order valence-corrected chi connectivity index (χ2v) is 5.47. The molecule has 1 aromatic rings. The van der Waals surface area contributed by atoms with Crippen molar-refractivity contribution in [3.63, 3.8) is 0 Å². The molecule has 2 heterocycles. The van der Waals surface area contributed by atoms with Crippen molar-refractivity contribution in [2.24, 2.45) is 0 Å². The number of aromatic nitrogens is 1. The molecule has 0 bridgehead atoms. The predicted octanol–water partition coefficient (Wildman–Crippen LogP) is -0.369. The highest BCUT2D eigenvalue weighted by Crippen LogP contribution is 2.11. The number of carbonyl (C=O) groups is 2. The van der Waals surface area contributed by atoms with Gasteiger partial charge < -0.3 is 20.7 Å². The lowest BCUT2D eigenvalue weighted by Gasteiger charge is -2.29. The van der Waals surface area contributed by atoms with Crippen LogP contribution >= 0.6 is 11.3 Å². The minimum atomic E-state index is -0.545. The summed E-state index contributed by atoms with van der Waals surface area (Å²) in [5.74, 6) is -0.316. The van der Waals surface area contributed by atoms with Crippen molar-refractivity contribution in [2.75, 3.05) is 32.0 Å². The standard InChI is InChI=1S/C12H18N4O3S/c1-8(11(18)16-2-4-19-5-3-16)14-10(17)6-9-7-20-12(13)15-9/h7-8H,2-6H2,1H3,(H2,13,15)(H,14,17). The summed E-state index contributed by atoms with van der Waals surface area (Å²) in [7, 11) is 0. The van der Waals surface area contributed by atoms with Gasteiger partial charge >= 0.3 is 0 Å². The lowest BCUT2D eigenvalue weighted by atomic mass is 10.2. The van der Waals surface area contributed by atoms with Crippen LogP contribution in [0, 0.1) is 0 Å². The third kappa shape index (κ3) is 3.91. The van der Waals surface area contributed by atoms with E-state index in [1.54, 1.807) is 17.2 Å². The van der Waals surface area contributed by atoms with E-state index in [4.69, 9.17) is 10.5 Å². The fourth-order valence-electron chi connectivity index (χ4n) is 1.98. The van der Waals surface area contributed by atoms with Gasteiger partial charge in [-0.3, -0.25) is 9.59 Å². The molecule has 1 aliphatic rings. The first-order valence-electron chi connectivity index (χ1n) is 6.42. The highest BCUT2D eigenvalue weighted by Gasteiger charge is 2.23. The Bertz CT molecular complexity index is 485. The highest BCUT2D eigenvalue weighted by molar-refractivity contribution is 7.13. The van der Waals surface area contributed by atoms with Gasteiger partial charge in [-0.15, -0.1) is 11.3 Å². The molecule has 1 aromatic heterocycles. The first kappa shape index (κ1) is 14.7. The fraction of sp³-hybridized carbons (Fsp3) is 0.583. The lowest BCUT2D eigenvalue weighted by molar-refractivity contribution is -0.139. The molecule has 2 amide bonds. The van der Waals surface area contributed by atoms with Gasteiger partial charge in [-0.25, -0.2) is 4.98 Å². The van der Waals surface area contributed by atoms with Crippen molar-refractivity contribution in [1.29, 1.82) is 0 Å². The van der Waals surface area contributed by atoms with Crippen molar-refractivity contribution in [1.82, 2.24) is 15.2 Å². The zero-order valence-electron chi connectivity index (χ0n) is 11.3. The average Bonchev–Trinajstić information content (AvgIpc) is 2.84. The van der Waals surface area contributed by atoms with E-state index in [1.807, 2.05) is 0 Å². The molecule has 3 N–H and O–H groups in total. The quantitative estimate of drug-likeness (QED) is 0.790. The Labute approximate surface area is 121 Å². The molecular weight excluding hydrogens is 280 g/mol. The number of nitrogens with two attached hydrogens (primary N) is 1. The first-order chi connectivity index (χ1) is 9.56. The van der Waals surface area contributed by atoms with Gasteiger partial charge in [0.1, 0.15) is 6.04 Å². The molecule has 0 aromatic carbocycles. The van der Waals surface area contributed by atoms with Gasteiger partial charge in [0.15, 0.2) is 5.13 Å². The van der Waals surface area contributed by atoms with E-state index in [0.717, 1.165) is 0 Å². The Morgan fingerprint density at radius 1 is 1.55 bits per heavy atom. The van der Waals surface area contributed by atoms with Crippen molar-refractivity contribution < 1.29 is 14.3 Å². The summed E-state index contributed by atoms with van der Waals surface area (Å²) in [6.07, 6.45) is 0.133. The molecule has 1 unspecified atom stereocenters. The molecule has 0 saturated carbocycles. The van der Waals surface area contributed by atoms with Crippen LogP contribution in [0.25, 0.3) is 0 Å². The second kappa shape index (κ2) is 6.67. The van der Waals surface area contributed by atoms with E-state index in [9.17, 15) is 9.59 Å². The first-order valence-corrected chi connectivity index (χ1v) is 7.30. The van der Waals surface area contributed by atoms with Crippen LogP contribution in [0.15, 0.2) is 5.38 Å². The largest absolute Gasteiger partial charge is 0.378 e. The molecule has 20 heavy (non-hydrogen) atoms. The Morgan fingerprint density at radius 2 is 2.25 bits per heavy atom. The van der Waals surface area contributed by atoms with Crippen LogP contribution in [0.4, 0.5) is 5.13 Å². The van der Waals surface area contributed by atoms with Gasteiger partial charge in [-0.1, -0.05) is 0 Å². The maximum absolute atomic E-state index is 12.1. The van der Waals surface area contributed by atoms with Crippen LogP contribution in [-0.4, -0.2) is 54.0 Å². The van der Waals surface area contributed by atoms with Gasteiger partial charge in [0.2, 0.25) is 11.8 Å². The minimum absolute atomic E-state index is 0.0839. The Hall–Kier alpha value is -1.67. The van der Waals surface area contributed by atoms with Gasteiger partial charge in [-0.2, -0.15) is 0 Å². The van der Waals surface area contributed by atoms with Crippen molar-refractivity contribution >= 4 is 28.3 Å². The Balaban J connectivity index is 1.82. The van der Waals surface area contributed by atoms with E-state index in [0.29, 0.717) is 37.1 Å². The predicted molar refractivity (Wildman–Crippen MR) is 75.2 cm³/mol. The number of nitrogen functional groups attached to an aromatic ring is 1. The van der Waals surface area contributed by atoms with E-state index in [1.165, 1.54) is 11.3 Å². The van der Waals surface area contributed by atoms with E-state index in [2.05, 4.69) is 10.3 Å². The zero-order valence-corrected chi connectivity index (χ0v) is 12.1. The fourth-order valence-corrected chi connectivity index (χ4v) is 2.54. The number of carbonyl (C=O) groups excluding carboxylic acids is 2. The van der Waals surface area contributed by atoms with Crippen LogP contribution in [0.1, 0.15) is 12.6 Å². The average molecular weight is 298 g/mol. The summed E-state index contributed by atoms with van der Waals surface area (Å²) in [4.78, 5) is 29.7. The minimum Gasteiger partial charge on any atom is -0.378 e. The molecule has 110 valence electrons. The molecule has 1 fully saturated rings. The molecule has 2 rings (SSSR count). The molecule has 1 atom stereocenters. The van der Waals surface area contributed by atoms with E-state index < -0.39 is 6.04 Å². The third-order valence-corrected chi connectivity index (χ3v) is 3.70. The maximum Gasteiger partial charge on any atom is 0.245 e. The maximum atomic E-state index is 12.1. The van der Waals surface area contributed by atoms with Crippen molar-refractivity contribution in [2.45, 2.75) is 19.4 Å². The Kier molecular flexibility index (Phi) is 4.91. The Morgan fingerprint density at radius 3 is 2.85 bits per heavy atom. The van der Waals surface area contributed by atoms with Crippen molar-refractivity contribution in [3.05, 3.63) is 11.1 Å². The van der Waals surface area contributed by atoms with Crippen molar-refractivity contribution in [3.8, 4) is 0 Å². The lowest BCUT2D eigenvalue weighted by Crippen LogP contribution is -2.50. The van der Waals surface area contributed by atoms with Gasteiger partial charge in [-0.05, 0) is 6.92 Å². The topological polar surface area (TPSA) is 97.6 Å². The molecule has 0 aliphatic carbocycles. The number of hydrogen-bond acceptors (Lipinski definition) is 6. The number of ether oxygens (including phenoxy) is 1. The number of rotatable bonds is 4. The van der Waals surface area contributed by atoms with Gasteiger partial charge in [0.25, 0.3) is 0 Å². The SMILES string of the molecule is CC(NC(=O)Cc1csc(N)n1)C(=O)N1CCOCC1. The molecule has 8 heteroatoms. The normalized spacial score (nSPS) is 16.8. The number of amides is 2. The smallest absolute Gasteiger partial charge is 0.245 e.